The molecule has 126 valence electrons. The Kier molecular flexibility index (Phi) is 4.59. The number of nitrogens with zero attached hydrogens (tertiary/aromatic N) is 3. The molecule has 0 aliphatic carbocycles. The third-order valence-electron chi connectivity index (χ3n) is 4.01. The SMILES string of the molecule is Cc1cnn(CCC(=O)N[C@H]2CCN(c3ccccc3F)C2=O)c1. The van der Waals surface area contributed by atoms with Gasteiger partial charge in [-0.05, 0) is 31.0 Å². The molecule has 1 aliphatic rings. The van der Waals surface area contributed by atoms with Gasteiger partial charge in [0.15, 0.2) is 0 Å². The van der Waals surface area contributed by atoms with Crippen LogP contribution < -0.4 is 10.2 Å². The minimum atomic E-state index is -0.600. The van der Waals surface area contributed by atoms with Crippen molar-refractivity contribution >= 4 is 17.5 Å². The third kappa shape index (κ3) is 3.45. The molecule has 1 aromatic carbocycles. The van der Waals surface area contributed by atoms with Gasteiger partial charge < -0.3 is 10.2 Å². The molecule has 0 bridgehead atoms. The molecule has 1 aromatic heterocycles. The van der Waals surface area contributed by atoms with E-state index in [1.165, 1.54) is 11.0 Å². The molecule has 2 amide bonds. The number of amides is 2. The van der Waals surface area contributed by atoms with Gasteiger partial charge in [0.2, 0.25) is 11.8 Å². The fourth-order valence-corrected chi connectivity index (χ4v) is 2.80. The summed E-state index contributed by atoms with van der Waals surface area (Å²) in [7, 11) is 0. The van der Waals surface area contributed by atoms with Crippen LogP contribution in [-0.4, -0.2) is 34.2 Å². The molecule has 0 spiro atoms. The molecule has 0 radical (unpaired) electrons. The molecule has 1 N–H and O–H groups in total. The van der Waals surface area contributed by atoms with Gasteiger partial charge in [0.05, 0.1) is 11.9 Å². The maximum atomic E-state index is 13.8. The summed E-state index contributed by atoms with van der Waals surface area (Å²) in [5.41, 5.74) is 1.29. The van der Waals surface area contributed by atoms with Crippen LogP contribution in [0.1, 0.15) is 18.4 Å². The van der Waals surface area contributed by atoms with Gasteiger partial charge in [0.25, 0.3) is 0 Å². The Morgan fingerprint density at radius 1 is 1.42 bits per heavy atom. The molecule has 1 atom stereocenters. The second-order valence-electron chi connectivity index (χ2n) is 5.88. The lowest BCUT2D eigenvalue weighted by Gasteiger charge is -2.17. The van der Waals surface area contributed by atoms with Crippen LogP contribution in [0.5, 0.6) is 0 Å². The molecule has 24 heavy (non-hydrogen) atoms. The zero-order valence-electron chi connectivity index (χ0n) is 13.4. The molecule has 2 heterocycles. The number of aromatic nitrogens is 2. The van der Waals surface area contributed by atoms with E-state index in [2.05, 4.69) is 10.4 Å². The molecule has 1 saturated heterocycles. The van der Waals surface area contributed by atoms with Crippen LogP contribution in [0.2, 0.25) is 0 Å². The minimum absolute atomic E-state index is 0.211. The molecule has 6 nitrogen and oxygen atoms in total. The number of anilines is 1. The number of carbonyl (C=O) groups is 2. The molecule has 0 saturated carbocycles. The predicted molar refractivity (Wildman–Crippen MR) is 86.9 cm³/mol. The van der Waals surface area contributed by atoms with Crippen molar-refractivity contribution in [2.45, 2.75) is 32.4 Å². The molecule has 3 rings (SSSR count). The summed E-state index contributed by atoms with van der Waals surface area (Å²) in [6.45, 7) is 2.78. The fourth-order valence-electron chi connectivity index (χ4n) is 2.80. The second kappa shape index (κ2) is 6.82. The van der Waals surface area contributed by atoms with Gasteiger partial charge in [-0.1, -0.05) is 12.1 Å². The standard InChI is InChI=1S/C17H19FN4O2/c1-12-10-19-21(11-12)8-7-16(23)20-14-6-9-22(17(14)24)15-5-3-2-4-13(15)18/h2-5,10-11,14H,6-9H2,1H3,(H,20,23)/t14-/m0/s1. The van der Waals surface area contributed by atoms with Gasteiger partial charge in [-0.25, -0.2) is 4.39 Å². The van der Waals surface area contributed by atoms with Crippen molar-refractivity contribution in [1.29, 1.82) is 0 Å². The number of hydrogen-bond donors (Lipinski definition) is 1. The second-order valence-corrected chi connectivity index (χ2v) is 5.88. The first kappa shape index (κ1) is 16.2. The Morgan fingerprint density at radius 3 is 2.92 bits per heavy atom. The first-order valence-electron chi connectivity index (χ1n) is 7.89. The van der Waals surface area contributed by atoms with Crippen molar-refractivity contribution in [3.63, 3.8) is 0 Å². The van der Waals surface area contributed by atoms with Crippen LogP contribution in [0.15, 0.2) is 36.7 Å². The van der Waals surface area contributed by atoms with Crippen LogP contribution >= 0.6 is 0 Å². The monoisotopic (exact) mass is 330 g/mol. The maximum absolute atomic E-state index is 13.8. The first-order chi connectivity index (χ1) is 11.5. The average molecular weight is 330 g/mol. The topological polar surface area (TPSA) is 67.2 Å². The van der Waals surface area contributed by atoms with Crippen molar-refractivity contribution < 1.29 is 14.0 Å². The van der Waals surface area contributed by atoms with Crippen molar-refractivity contribution in [2.75, 3.05) is 11.4 Å². The smallest absolute Gasteiger partial charge is 0.249 e. The van der Waals surface area contributed by atoms with E-state index in [4.69, 9.17) is 0 Å². The third-order valence-corrected chi connectivity index (χ3v) is 4.01. The highest BCUT2D eigenvalue weighted by molar-refractivity contribution is 6.01. The van der Waals surface area contributed by atoms with E-state index < -0.39 is 11.9 Å². The maximum Gasteiger partial charge on any atom is 0.249 e. The minimum Gasteiger partial charge on any atom is -0.344 e. The highest BCUT2D eigenvalue weighted by atomic mass is 19.1. The van der Waals surface area contributed by atoms with E-state index in [9.17, 15) is 14.0 Å². The number of hydrogen-bond acceptors (Lipinski definition) is 3. The predicted octanol–water partition coefficient (Wildman–Crippen LogP) is 1.64. The molecule has 7 heteroatoms. The zero-order chi connectivity index (χ0) is 17.1. The molecule has 2 aromatic rings. The number of benzene rings is 1. The number of para-hydroxylation sites is 1. The Balaban J connectivity index is 1.55. The number of nitrogens with one attached hydrogen (secondary N) is 1. The molecule has 0 unspecified atom stereocenters. The largest absolute Gasteiger partial charge is 0.344 e. The summed E-state index contributed by atoms with van der Waals surface area (Å²) in [6, 6.07) is 5.55. The Morgan fingerprint density at radius 2 is 2.21 bits per heavy atom. The summed E-state index contributed by atoms with van der Waals surface area (Å²) in [5, 5.41) is 6.85. The van der Waals surface area contributed by atoms with Crippen LogP contribution in [-0.2, 0) is 16.1 Å². The van der Waals surface area contributed by atoms with Crippen LogP contribution in [0.3, 0.4) is 0 Å². The van der Waals surface area contributed by atoms with E-state index in [-0.39, 0.29) is 23.9 Å². The molecule has 1 fully saturated rings. The van der Waals surface area contributed by atoms with Crippen LogP contribution in [0.4, 0.5) is 10.1 Å². The van der Waals surface area contributed by atoms with Crippen molar-refractivity contribution in [3.8, 4) is 0 Å². The molecular weight excluding hydrogens is 311 g/mol. The van der Waals surface area contributed by atoms with Crippen molar-refractivity contribution in [3.05, 3.63) is 48.0 Å². The molecular formula is C17H19FN4O2. The summed E-state index contributed by atoms with van der Waals surface area (Å²) >= 11 is 0. The number of carbonyl (C=O) groups excluding carboxylic acids is 2. The lowest BCUT2D eigenvalue weighted by Crippen LogP contribution is -2.42. The van der Waals surface area contributed by atoms with Crippen molar-refractivity contribution in [2.24, 2.45) is 0 Å². The van der Waals surface area contributed by atoms with Crippen LogP contribution in [0.25, 0.3) is 0 Å². The average Bonchev–Trinajstić information content (AvgIpc) is 3.13. The number of aryl methyl sites for hydroxylation is 2. The van der Waals surface area contributed by atoms with Crippen LogP contribution in [0, 0.1) is 12.7 Å². The van der Waals surface area contributed by atoms with E-state index in [0.29, 0.717) is 19.5 Å². The first-order valence-corrected chi connectivity index (χ1v) is 7.89. The lowest BCUT2D eigenvalue weighted by molar-refractivity contribution is -0.126. The molecule has 1 aliphatic heterocycles. The van der Waals surface area contributed by atoms with E-state index in [1.54, 1.807) is 29.1 Å². The van der Waals surface area contributed by atoms with Gasteiger partial charge in [-0.2, -0.15) is 5.10 Å². The summed E-state index contributed by atoms with van der Waals surface area (Å²) in [5.74, 6) is -0.924. The zero-order valence-corrected chi connectivity index (χ0v) is 13.4. The van der Waals surface area contributed by atoms with Gasteiger partial charge in [-0.15, -0.1) is 0 Å². The van der Waals surface area contributed by atoms with E-state index in [0.717, 1.165) is 5.56 Å². The summed E-state index contributed by atoms with van der Waals surface area (Å²) < 4.78 is 15.5. The number of rotatable bonds is 5. The van der Waals surface area contributed by atoms with E-state index in [1.807, 2.05) is 13.1 Å². The highest BCUT2D eigenvalue weighted by Crippen LogP contribution is 2.24. The van der Waals surface area contributed by atoms with Gasteiger partial charge >= 0.3 is 0 Å². The normalized spacial score (nSPS) is 17.3. The quantitative estimate of drug-likeness (QED) is 0.906. The van der Waals surface area contributed by atoms with Crippen molar-refractivity contribution in [1.82, 2.24) is 15.1 Å². The van der Waals surface area contributed by atoms with Gasteiger partial charge in [0.1, 0.15) is 11.9 Å². The fraction of sp³-hybridized carbons (Fsp3) is 0.353. The lowest BCUT2D eigenvalue weighted by atomic mass is 10.2. The van der Waals surface area contributed by atoms with Gasteiger partial charge in [-0.3, -0.25) is 14.3 Å². The highest BCUT2D eigenvalue weighted by Gasteiger charge is 2.34. The Labute approximate surface area is 139 Å². The number of halogens is 1. The summed E-state index contributed by atoms with van der Waals surface area (Å²) in [6.07, 6.45) is 4.29. The van der Waals surface area contributed by atoms with Gasteiger partial charge in [0, 0.05) is 25.7 Å². The summed E-state index contributed by atoms with van der Waals surface area (Å²) in [4.78, 5) is 25.8. The van der Waals surface area contributed by atoms with E-state index >= 15 is 0 Å². The Bertz CT molecular complexity index is 759. The Hall–Kier alpha value is -2.70.